The summed E-state index contributed by atoms with van der Waals surface area (Å²) in [5.74, 6) is 1.42. The molecule has 0 saturated heterocycles. The van der Waals surface area contributed by atoms with Crippen molar-refractivity contribution >= 4 is 22.6 Å². The monoisotopic (exact) mass is 325 g/mol. The van der Waals surface area contributed by atoms with Crippen LogP contribution in [0.25, 0.3) is 10.9 Å². The Bertz CT molecular complexity index is 876. The maximum atomic E-state index is 12.5. The molecule has 1 aromatic carbocycles. The zero-order valence-corrected chi connectivity index (χ0v) is 13.4. The Labute approximate surface area is 138 Å². The van der Waals surface area contributed by atoms with Crippen molar-refractivity contribution in [1.29, 1.82) is 0 Å². The van der Waals surface area contributed by atoms with E-state index in [4.69, 9.17) is 4.74 Å². The molecular formula is C17H19N5O2. The first-order valence-electron chi connectivity index (χ1n) is 8.14. The molecule has 124 valence electrons. The van der Waals surface area contributed by atoms with E-state index in [2.05, 4.69) is 25.7 Å². The third-order valence-electron chi connectivity index (χ3n) is 4.63. The number of H-pyrrole nitrogens is 2. The maximum absolute atomic E-state index is 12.5. The van der Waals surface area contributed by atoms with E-state index in [0.29, 0.717) is 28.7 Å². The second kappa shape index (κ2) is 5.99. The lowest BCUT2D eigenvalue weighted by atomic mass is 10.0. The fourth-order valence-corrected chi connectivity index (χ4v) is 3.38. The molecular weight excluding hydrogens is 306 g/mol. The third kappa shape index (κ3) is 2.51. The quantitative estimate of drug-likeness (QED) is 0.686. The topological polar surface area (TPSA) is 95.7 Å². The molecule has 0 spiro atoms. The number of para-hydroxylation sites is 1. The molecule has 0 aliphatic heterocycles. The lowest BCUT2D eigenvalue weighted by Gasteiger charge is -2.03. The van der Waals surface area contributed by atoms with Crippen molar-refractivity contribution in [3.8, 4) is 5.75 Å². The van der Waals surface area contributed by atoms with Gasteiger partial charge in [-0.1, -0.05) is 25.0 Å². The van der Waals surface area contributed by atoms with Crippen LogP contribution in [0.4, 0.5) is 5.82 Å². The Kier molecular flexibility index (Phi) is 3.68. The van der Waals surface area contributed by atoms with Gasteiger partial charge in [0.2, 0.25) is 0 Å². The van der Waals surface area contributed by atoms with Gasteiger partial charge in [-0.25, -0.2) is 0 Å². The first-order chi connectivity index (χ1) is 11.8. The molecule has 1 aliphatic carbocycles. The number of anilines is 1. The molecule has 3 aromatic rings. The molecule has 0 radical (unpaired) electrons. The van der Waals surface area contributed by atoms with Gasteiger partial charge in [0.1, 0.15) is 11.3 Å². The Morgan fingerprint density at radius 3 is 2.88 bits per heavy atom. The normalized spacial score (nSPS) is 15.0. The van der Waals surface area contributed by atoms with Gasteiger partial charge in [0.05, 0.1) is 7.11 Å². The molecule has 3 N–H and O–H groups in total. The van der Waals surface area contributed by atoms with Gasteiger partial charge in [-0.15, -0.1) is 0 Å². The number of carbonyl (C=O) groups is 1. The van der Waals surface area contributed by atoms with Crippen molar-refractivity contribution in [3.05, 3.63) is 35.7 Å². The highest BCUT2D eigenvalue weighted by Gasteiger charge is 2.21. The third-order valence-corrected chi connectivity index (χ3v) is 4.63. The van der Waals surface area contributed by atoms with Gasteiger partial charge in [-0.2, -0.15) is 10.2 Å². The highest BCUT2D eigenvalue weighted by Crippen LogP contribution is 2.33. The molecule has 0 bridgehead atoms. The van der Waals surface area contributed by atoms with Crippen LogP contribution in [0.15, 0.2) is 24.3 Å². The number of fused-ring (bicyclic) bond motifs is 1. The van der Waals surface area contributed by atoms with Crippen LogP contribution in [0.1, 0.15) is 47.8 Å². The predicted molar refractivity (Wildman–Crippen MR) is 90.4 cm³/mol. The largest absolute Gasteiger partial charge is 0.494 e. The second-order valence-electron chi connectivity index (χ2n) is 6.10. The summed E-state index contributed by atoms with van der Waals surface area (Å²) in [5, 5.41) is 17.8. The van der Waals surface area contributed by atoms with Gasteiger partial charge in [0.25, 0.3) is 5.91 Å². The number of rotatable bonds is 4. The van der Waals surface area contributed by atoms with Crippen molar-refractivity contribution in [1.82, 2.24) is 20.4 Å². The van der Waals surface area contributed by atoms with Crippen molar-refractivity contribution in [2.45, 2.75) is 31.6 Å². The summed E-state index contributed by atoms with van der Waals surface area (Å²) < 4.78 is 5.28. The number of nitrogens with zero attached hydrogens (tertiary/aromatic N) is 2. The summed E-state index contributed by atoms with van der Waals surface area (Å²) in [6.45, 7) is 0. The fraction of sp³-hybridized carbons (Fsp3) is 0.353. The molecule has 0 atom stereocenters. The summed E-state index contributed by atoms with van der Waals surface area (Å²) in [7, 11) is 1.59. The summed E-state index contributed by atoms with van der Waals surface area (Å²) in [5.41, 5.74) is 2.13. The number of hydrogen-bond donors (Lipinski definition) is 3. The Morgan fingerprint density at radius 2 is 2.08 bits per heavy atom. The van der Waals surface area contributed by atoms with Crippen LogP contribution in [0.3, 0.4) is 0 Å². The van der Waals surface area contributed by atoms with Crippen LogP contribution in [-0.4, -0.2) is 33.4 Å². The minimum absolute atomic E-state index is 0.293. The zero-order valence-electron chi connectivity index (χ0n) is 13.4. The van der Waals surface area contributed by atoms with E-state index in [1.807, 2.05) is 24.3 Å². The number of carbonyl (C=O) groups excluding carboxylic acids is 1. The van der Waals surface area contributed by atoms with Crippen LogP contribution >= 0.6 is 0 Å². The molecule has 24 heavy (non-hydrogen) atoms. The highest BCUT2D eigenvalue weighted by molar-refractivity contribution is 6.11. The maximum Gasteiger partial charge on any atom is 0.278 e. The zero-order chi connectivity index (χ0) is 16.5. The molecule has 0 unspecified atom stereocenters. The minimum Gasteiger partial charge on any atom is -0.494 e. The smallest absolute Gasteiger partial charge is 0.278 e. The number of amides is 1. The van der Waals surface area contributed by atoms with E-state index in [9.17, 15) is 4.79 Å². The first-order valence-corrected chi connectivity index (χ1v) is 8.14. The van der Waals surface area contributed by atoms with Gasteiger partial charge in [0, 0.05) is 23.1 Å². The molecule has 1 amide bonds. The number of methoxy groups -OCH3 is 1. The van der Waals surface area contributed by atoms with E-state index in [1.165, 1.54) is 25.7 Å². The van der Waals surface area contributed by atoms with Gasteiger partial charge in [-0.3, -0.25) is 15.0 Å². The molecule has 7 heteroatoms. The molecule has 1 aliphatic rings. The average molecular weight is 325 g/mol. The van der Waals surface area contributed by atoms with E-state index < -0.39 is 0 Å². The van der Waals surface area contributed by atoms with Gasteiger partial charge < -0.3 is 10.1 Å². The van der Waals surface area contributed by atoms with Crippen molar-refractivity contribution in [2.75, 3.05) is 12.4 Å². The number of nitrogens with one attached hydrogen (secondary N) is 3. The van der Waals surface area contributed by atoms with Crippen molar-refractivity contribution in [3.63, 3.8) is 0 Å². The lowest BCUT2D eigenvalue weighted by Crippen LogP contribution is -2.13. The molecule has 2 heterocycles. The van der Waals surface area contributed by atoms with Crippen molar-refractivity contribution < 1.29 is 9.53 Å². The number of aromatic amines is 2. The number of benzene rings is 1. The Balaban J connectivity index is 1.56. The van der Waals surface area contributed by atoms with Crippen LogP contribution in [0.5, 0.6) is 5.75 Å². The van der Waals surface area contributed by atoms with Crippen LogP contribution in [0.2, 0.25) is 0 Å². The van der Waals surface area contributed by atoms with E-state index in [1.54, 1.807) is 7.11 Å². The summed E-state index contributed by atoms with van der Waals surface area (Å²) in [4.78, 5) is 12.5. The van der Waals surface area contributed by atoms with Gasteiger partial charge in [0.15, 0.2) is 11.5 Å². The summed E-state index contributed by atoms with van der Waals surface area (Å²) >= 11 is 0. The summed E-state index contributed by atoms with van der Waals surface area (Å²) in [6, 6.07) is 7.41. The predicted octanol–water partition coefficient (Wildman–Crippen LogP) is 3.20. The minimum atomic E-state index is -0.293. The summed E-state index contributed by atoms with van der Waals surface area (Å²) in [6.07, 6.45) is 4.87. The van der Waals surface area contributed by atoms with Crippen LogP contribution < -0.4 is 10.1 Å². The van der Waals surface area contributed by atoms with E-state index in [-0.39, 0.29) is 5.91 Å². The highest BCUT2D eigenvalue weighted by atomic mass is 16.5. The molecule has 4 rings (SSSR count). The molecule has 2 aromatic heterocycles. The molecule has 1 saturated carbocycles. The number of aromatic nitrogens is 4. The average Bonchev–Trinajstić information content (AvgIpc) is 3.33. The second-order valence-corrected chi connectivity index (χ2v) is 6.10. The van der Waals surface area contributed by atoms with E-state index in [0.717, 1.165) is 11.1 Å². The molecule has 1 fully saturated rings. The number of hydrogen-bond acceptors (Lipinski definition) is 4. The SMILES string of the molecule is COc1cccc2c(C(=O)Nc3cc(C4CCCC4)[nH]n3)n[nH]c12. The van der Waals surface area contributed by atoms with E-state index >= 15 is 0 Å². The Morgan fingerprint density at radius 1 is 1.25 bits per heavy atom. The van der Waals surface area contributed by atoms with Crippen LogP contribution in [-0.2, 0) is 0 Å². The Hall–Kier alpha value is -2.83. The standard InChI is InChI=1S/C17H19N5O2/c1-24-13-8-4-7-11-15(13)21-22-16(11)17(23)18-14-9-12(19-20-14)10-5-2-3-6-10/h4,7-10H,2-3,5-6H2,1H3,(H,21,22)(H2,18,19,20,23). The van der Waals surface area contributed by atoms with Crippen molar-refractivity contribution in [2.24, 2.45) is 0 Å². The van der Waals surface area contributed by atoms with Crippen LogP contribution in [0, 0.1) is 0 Å². The molecule has 7 nitrogen and oxygen atoms in total. The number of ether oxygens (including phenoxy) is 1. The lowest BCUT2D eigenvalue weighted by molar-refractivity contribution is 0.102. The van der Waals surface area contributed by atoms with Gasteiger partial charge >= 0.3 is 0 Å². The first kappa shape index (κ1) is 14.7. The van der Waals surface area contributed by atoms with Gasteiger partial charge in [-0.05, 0) is 18.9 Å². The fourth-order valence-electron chi connectivity index (χ4n) is 3.38.